The van der Waals surface area contributed by atoms with Crippen LogP contribution in [0.5, 0.6) is 0 Å². The molecule has 102 valence electrons. The minimum Gasteiger partial charge on any atom is -0.355 e. The Bertz CT molecular complexity index is 555. The summed E-state index contributed by atoms with van der Waals surface area (Å²) >= 11 is 5.19. The first-order valence-corrected chi connectivity index (χ1v) is 7.79. The Morgan fingerprint density at radius 1 is 1.37 bits per heavy atom. The van der Waals surface area contributed by atoms with Gasteiger partial charge in [-0.3, -0.25) is 0 Å². The van der Waals surface area contributed by atoms with Gasteiger partial charge in [-0.1, -0.05) is 0 Å². The molecule has 1 N–H and O–H groups in total. The van der Waals surface area contributed by atoms with Crippen molar-refractivity contribution in [3.8, 4) is 0 Å². The van der Waals surface area contributed by atoms with E-state index in [-0.39, 0.29) is 0 Å². The molecule has 0 saturated heterocycles. The number of thiophene rings is 1. The highest BCUT2D eigenvalue weighted by molar-refractivity contribution is 9.11. The van der Waals surface area contributed by atoms with Crippen LogP contribution in [0, 0.1) is 6.92 Å². The Hall–Kier alpha value is -1.14. The third kappa shape index (κ3) is 3.91. The Morgan fingerprint density at radius 3 is 2.79 bits per heavy atom. The Morgan fingerprint density at radius 2 is 2.16 bits per heavy atom. The standard InChI is InChI=1S/C13H17BrN4S/c1-4-15-13-16-9(2)5-12(17-13)18(3)7-10-6-11(14)19-8-10/h5-6,8H,4,7H2,1-3H3,(H,15,16,17). The van der Waals surface area contributed by atoms with E-state index in [1.165, 1.54) is 5.56 Å². The van der Waals surface area contributed by atoms with Crippen molar-refractivity contribution in [1.82, 2.24) is 9.97 Å². The average Bonchev–Trinajstić information content (AvgIpc) is 2.74. The van der Waals surface area contributed by atoms with Gasteiger partial charge in [0.1, 0.15) is 5.82 Å². The fraction of sp³-hybridized carbons (Fsp3) is 0.385. The molecule has 6 heteroatoms. The molecule has 0 aliphatic carbocycles. The van der Waals surface area contributed by atoms with E-state index in [4.69, 9.17) is 0 Å². The van der Waals surface area contributed by atoms with E-state index >= 15 is 0 Å². The molecule has 2 rings (SSSR count). The topological polar surface area (TPSA) is 41.1 Å². The maximum absolute atomic E-state index is 4.52. The lowest BCUT2D eigenvalue weighted by atomic mass is 10.3. The third-order valence-corrected chi connectivity index (χ3v) is 4.16. The van der Waals surface area contributed by atoms with E-state index in [9.17, 15) is 0 Å². The third-order valence-electron chi connectivity index (χ3n) is 2.61. The number of nitrogens with zero attached hydrogens (tertiary/aromatic N) is 3. The molecule has 0 amide bonds. The molecule has 19 heavy (non-hydrogen) atoms. The van der Waals surface area contributed by atoms with Gasteiger partial charge in [0.2, 0.25) is 5.95 Å². The molecule has 0 aliphatic heterocycles. The van der Waals surface area contributed by atoms with E-state index < -0.39 is 0 Å². The van der Waals surface area contributed by atoms with Gasteiger partial charge in [-0.2, -0.15) is 4.98 Å². The minimum absolute atomic E-state index is 0.691. The number of aryl methyl sites for hydroxylation is 1. The average molecular weight is 341 g/mol. The molecule has 0 radical (unpaired) electrons. The van der Waals surface area contributed by atoms with Crippen LogP contribution < -0.4 is 10.2 Å². The van der Waals surface area contributed by atoms with E-state index in [0.29, 0.717) is 5.95 Å². The normalized spacial score (nSPS) is 10.5. The summed E-state index contributed by atoms with van der Waals surface area (Å²) in [5.41, 5.74) is 2.25. The fourth-order valence-electron chi connectivity index (χ4n) is 1.77. The van der Waals surface area contributed by atoms with Gasteiger partial charge in [-0.25, -0.2) is 4.98 Å². The summed E-state index contributed by atoms with van der Waals surface area (Å²) < 4.78 is 1.16. The molecule has 2 aromatic rings. The SMILES string of the molecule is CCNc1nc(C)cc(N(C)Cc2csc(Br)c2)n1. The molecular weight excluding hydrogens is 324 g/mol. The van der Waals surface area contributed by atoms with Gasteiger partial charge in [-0.05, 0) is 46.8 Å². The summed E-state index contributed by atoms with van der Waals surface area (Å²) in [7, 11) is 2.04. The maximum atomic E-state index is 4.52. The molecule has 0 atom stereocenters. The predicted octanol–water partition coefficient (Wildman–Crippen LogP) is 3.68. The molecule has 0 unspecified atom stereocenters. The van der Waals surface area contributed by atoms with E-state index in [1.54, 1.807) is 11.3 Å². The molecule has 0 spiro atoms. The van der Waals surface area contributed by atoms with Crippen LogP contribution in [0.15, 0.2) is 21.3 Å². The second kappa shape index (κ2) is 6.34. The van der Waals surface area contributed by atoms with Crippen LogP contribution >= 0.6 is 27.3 Å². The van der Waals surface area contributed by atoms with Crippen LogP contribution in [-0.2, 0) is 6.54 Å². The molecule has 0 bridgehead atoms. The van der Waals surface area contributed by atoms with Crippen LogP contribution in [0.25, 0.3) is 0 Å². The Kier molecular flexibility index (Phi) is 4.76. The summed E-state index contributed by atoms with van der Waals surface area (Å²) in [6.45, 7) is 5.69. The number of aromatic nitrogens is 2. The zero-order valence-electron chi connectivity index (χ0n) is 11.3. The summed E-state index contributed by atoms with van der Waals surface area (Å²) in [5, 5.41) is 5.31. The second-order valence-corrected chi connectivity index (χ2v) is 6.63. The van der Waals surface area contributed by atoms with Gasteiger partial charge in [0.05, 0.1) is 3.79 Å². The molecule has 4 nitrogen and oxygen atoms in total. The monoisotopic (exact) mass is 340 g/mol. The van der Waals surface area contributed by atoms with Crippen molar-refractivity contribution in [1.29, 1.82) is 0 Å². The zero-order chi connectivity index (χ0) is 13.8. The fourth-order valence-corrected chi connectivity index (χ4v) is 2.97. The van der Waals surface area contributed by atoms with Crippen molar-refractivity contribution in [2.24, 2.45) is 0 Å². The van der Waals surface area contributed by atoms with Gasteiger partial charge in [-0.15, -0.1) is 11.3 Å². The van der Waals surface area contributed by atoms with Gasteiger partial charge in [0.15, 0.2) is 0 Å². The lowest BCUT2D eigenvalue weighted by Crippen LogP contribution is -2.18. The number of halogens is 1. The first-order chi connectivity index (χ1) is 9.08. The summed E-state index contributed by atoms with van der Waals surface area (Å²) in [5.74, 6) is 1.63. The zero-order valence-corrected chi connectivity index (χ0v) is 13.7. The van der Waals surface area contributed by atoms with Crippen molar-refractivity contribution >= 4 is 39.0 Å². The minimum atomic E-state index is 0.691. The molecule has 2 heterocycles. The number of anilines is 2. The van der Waals surface area contributed by atoms with Crippen LogP contribution in [-0.4, -0.2) is 23.6 Å². The second-order valence-electron chi connectivity index (χ2n) is 4.34. The number of hydrogen-bond acceptors (Lipinski definition) is 5. The number of hydrogen-bond donors (Lipinski definition) is 1. The van der Waals surface area contributed by atoms with Crippen molar-refractivity contribution in [3.05, 3.63) is 32.6 Å². The van der Waals surface area contributed by atoms with E-state index in [2.05, 4.69) is 47.6 Å². The quantitative estimate of drug-likeness (QED) is 0.901. The number of rotatable bonds is 5. The lowest BCUT2D eigenvalue weighted by molar-refractivity contribution is 0.888. The van der Waals surface area contributed by atoms with E-state index in [1.807, 2.05) is 27.0 Å². The molecule has 0 aromatic carbocycles. The van der Waals surface area contributed by atoms with Crippen LogP contribution in [0.3, 0.4) is 0 Å². The lowest BCUT2D eigenvalue weighted by Gasteiger charge is -2.18. The summed E-state index contributed by atoms with van der Waals surface area (Å²) in [6, 6.07) is 4.14. The first-order valence-electron chi connectivity index (χ1n) is 6.12. The van der Waals surface area contributed by atoms with Gasteiger partial charge in [0.25, 0.3) is 0 Å². The highest BCUT2D eigenvalue weighted by atomic mass is 79.9. The van der Waals surface area contributed by atoms with Crippen molar-refractivity contribution in [2.75, 3.05) is 23.8 Å². The van der Waals surface area contributed by atoms with Gasteiger partial charge < -0.3 is 10.2 Å². The van der Waals surface area contributed by atoms with Crippen molar-refractivity contribution < 1.29 is 0 Å². The van der Waals surface area contributed by atoms with Crippen molar-refractivity contribution in [3.63, 3.8) is 0 Å². The van der Waals surface area contributed by atoms with Crippen LogP contribution in [0.2, 0.25) is 0 Å². The Labute approximate surface area is 126 Å². The highest BCUT2D eigenvalue weighted by Gasteiger charge is 2.08. The van der Waals surface area contributed by atoms with E-state index in [0.717, 1.165) is 28.4 Å². The molecule has 2 aromatic heterocycles. The molecule has 0 fully saturated rings. The van der Waals surface area contributed by atoms with Crippen LogP contribution in [0.1, 0.15) is 18.2 Å². The maximum Gasteiger partial charge on any atom is 0.224 e. The van der Waals surface area contributed by atoms with Gasteiger partial charge in [0, 0.05) is 31.9 Å². The largest absolute Gasteiger partial charge is 0.355 e. The molecule has 0 saturated carbocycles. The van der Waals surface area contributed by atoms with Gasteiger partial charge >= 0.3 is 0 Å². The Balaban J connectivity index is 2.15. The van der Waals surface area contributed by atoms with Crippen molar-refractivity contribution in [2.45, 2.75) is 20.4 Å². The number of nitrogens with one attached hydrogen (secondary N) is 1. The summed E-state index contributed by atoms with van der Waals surface area (Å²) in [6.07, 6.45) is 0. The molecular formula is C13H17BrN4S. The predicted molar refractivity (Wildman–Crippen MR) is 85.1 cm³/mol. The smallest absolute Gasteiger partial charge is 0.224 e. The highest BCUT2D eigenvalue weighted by Crippen LogP contribution is 2.23. The summed E-state index contributed by atoms with van der Waals surface area (Å²) in [4.78, 5) is 11.0. The first kappa shape index (κ1) is 14.3. The van der Waals surface area contributed by atoms with Crippen LogP contribution in [0.4, 0.5) is 11.8 Å². The molecule has 0 aliphatic rings.